The Morgan fingerprint density at radius 1 is 1.44 bits per heavy atom. The summed E-state index contributed by atoms with van der Waals surface area (Å²) in [6.07, 6.45) is 0. The van der Waals surface area contributed by atoms with E-state index >= 15 is 0 Å². The Bertz CT molecular complexity index is 604. The van der Waals surface area contributed by atoms with Gasteiger partial charge in [0.1, 0.15) is 5.82 Å². The Morgan fingerprint density at radius 2 is 2.22 bits per heavy atom. The lowest BCUT2D eigenvalue weighted by atomic mass is 10.3. The smallest absolute Gasteiger partial charge is 0.241 e. The number of nitrogens with one attached hydrogen (secondary N) is 1. The zero-order valence-electron chi connectivity index (χ0n) is 10.6. The third kappa shape index (κ3) is 1.59. The topological polar surface area (TPSA) is 50.2 Å². The minimum absolute atomic E-state index is 0.118. The minimum atomic E-state index is -0.152. The van der Waals surface area contributed by atoms with Crippen molar-refractivity contribution in [1.82, 2.24) is 19.8 Å². The second-order valence-corrected chi connectivity index (χ2v) is 4.63. The van der Waals surface area contributed by atoms with Crippen LogP contribution in [0.3, 0.4) is 0 Å². The molecule has 5 heteroatoms. The second kappa shape index (κ2) is 4.10. The fourth-order valence-corrected chi connectivity index (χ4v) is 2.34. The third-order valence-electron chi connectivity index (χ3n) is 3.49. The Hall–Kier alpha value is -1.88. The van der Waals surface area contributed by atoms with Gasteiger partial charge in [0.15, 0.2) is 0 Å². The number of amides is 1. The molecule has 1 N–H and O–H groups in total. The number of benzene rings is 1. The first kappa shape index (κ1) is 11.2. The van der Waals surface area contributed by atoms with Crippen LogP contribution in [0.1, 0.15) is 12.7 Å². The van der Waals surface area contributed by atoms with Gasteiger partial charge in [-0.15, -0.1) is 0 Å². The lowest BCUT2D eigenvalue weighted by Crippen LogP contribution is -2.41. The number of hydrogen-bond donors (Lipinski definition) is 1. The summed E-state index contributed by atoms with van der Waals surface area (Å²) in [7, 11) is 1.80. The van der Waals surface area contributed by atoms with E-state index in [0.29, 0.717) is 13.2 Å². The standard InChI is InChI=1S/C13H16N4O/c1-9(14-2)13(18)16-7-12-15-10-5-3-4-6-11(10)17(12)8-16/h3-6,9,14H,7-8H2,1-2H3/t9-/m1/s1. The molecular formula is C13H16N4O. The van der Waals surface area contributed by atoms with Gasteiger partial charge in [0.05, 0.1) is 30.3 Å². The van der Waals surface area contributed by atoms with Gasteiger partial charge in [-0.25, -0.2) is 4.98 Å². The molecule has 1 aliphatic rings. The van der Waals surface area contributed by atoms with E-state index in [4.69, 9.17) is 0 Å². The van der Waals surface area contributed by atoms with Crippen molar-refractivity contribution in [2.75, 3.05) is 7.05 Å². The molecule has 0 radical (unpaired) electrons. The molecule has 18 heavy (non-hydrogen) atoms. The van der Waals surface area contributed by atoms with E-state index in [1.165, 1.54) is 0 Å². The van der Waals surface area contributed by atoms with Crippen LogP contribution >= 0.6 is 0 Å². The molecular weight excluding hydrogens is 228 g/mol. The second-order valence-electron chi connectivity index (χ2n) is 4.63. The van der Waals surface area contributed by atoms with Crippen molar-refractivity contribution >= 4 is 16.9 Å². The first-order valence-electron chi connectivity index (χ1n) is 6.11. The summed E-state index contributed by atoms with van der Waals surface area (Å²) in [5, 5.41) is 2.98. The molecule has 3 rings (SSSR count). The van der Waals surface area contributed by atoms with Crippen LogP contribution < -0.4 is 5.32 Å². The fourth-order valence-electron chi connectivity index (χ4n) is 2.34. The molecule has 2 heterocycles. The van der Waals surface area contributed by atoms with E-state index in [1.807, 2.05) is 36.1 Å². The van der Waals surface area contributed by atoms with Crippen LogP contribution in [-0.2, 0) is 18.0 Å². The quantitative estimate of drug-likeness (QED) is 0.855. The van der Waals surface area contributed by atoms with Crippen LogP contribution in [0.25, 0.3) is 11.0 Å². The highest BCUT2D eigenvalue weighted by molar-refractivity contribution is 5.82. The van der Waals surface area contributed by atoms with E-state index in [9.17, 15) is 4.79 Å². The van der Waals surface area contributed by atoms with E-state index in [-0.39, 0.29) is 11.9 Å². The first-order chi connectivity index (χ1) is 8.70. The number of aromatic nitrogens is 2. The van der Waals surface area contributed by atoms with E-state index in [2.05, 4.69) is 14.9 Å². The number of fused-ring (bicyclic) bond motifs is 3. The largest absolute Gasteiger partial charge is 0.316 e. The molecule has 0 saturated carbocycles. The predicted octanol–water partition coefficient (Wildman–Crippen LogP) is 0.944. The van der Waals surface area contributed by atoms with Gasteiger partial charge >= 0.3 is 0 Å². The summed E-state index contributed by atoms with van der Waals surface area (Å²) in [6.45, 7) is 3.07. The number of hydrogen-bond acceptors (Lipinski definition) is 3. The van der Waals surface area contributed by atoms with Crippen molar-refractivity contribution in [2.45, 2.75) is 26.2 Å². The molecule has 1 aromatic carbocycles. The normalized spacial score (nSPS) is 16.0. The number of para-hydroxylation sites is 2. The summed E-state index contributed by atoms with van der Waals surface area (Å²) in [6, 6.07) is 7.88. The molecule has 0 saturated heterocycles. The molecule has 1 aromatic heterocycles. The number of imidazole rings is 1. The fraction of sp³-hybridized carbons (Fsp3) is 0.385. The van der Waals surface area contributed by atoms with E-state index in [0.717, 1.165) is 16.9 Å². The molecule has 1 amide bonds. The number of rotatable bonds is 2. The molecule has 0 spiro atoms. The molecule has 0 bridgehead atoms. The maximum atomic E-state index is 12.1. The van der Waals surface area contributed by atoms with Gasteiger partial charge in [-0.3, -0.25) is 4.79 Å². The Kier molecular flexibility index (Phi) is 2.56. The maximum absolute atomic E-state index is 12.1. The summed E-state index contributed by atoms with van der Waals surface area (Å²) in [4.78, 5) is 18.5. The zero-order chi connectivity index (χ0) is 12.7. The lowest BCUT2D eigenvalue weighted by Gasteiger charge is -2.19. The Morgan fingerprint density at radius 3 is 3.00 bits per heavy atom. The summed E-state index contributed by atoms with van der Waals surface area (Å²) < 4.78 is 2.11. The lowest BCUT2D eigenvalue weighted by molar-refractivity contribution is -0.134. The van der Waals surface area contributed by atoms with Crippen molar-refractivity contribution in [3.8, 4) is 0 Å². The minimum Gasteiger partial charge on any atom is -0.316 e. The molecule has 0 fully saturated rings. The predicted molar refractivity (Wildman–Crippen MR) is 68.8 cm³/mol. The summed E-state index contributed by atoms with van der Waals surface area (Å²) in [5.41, 5.74) is 2.10. The van der Waals surface area contributed by atoms with Crippen molar-refractivity contribution in [3.63, 3.8) is 0 Å². The van der Waals surface area contributed by atoms with Gasteiger partial charge < -0.3 is 14.8 Å². The molecule has 1 atom stereocenters. The molecule has 94 valence electrons. The summed E-state index contributed by atoms with van der Waals surface area (Å²) >= 11 is 0. The molecule has 2 aromatic rings. The van der Waals surface area contributed by atoms with Crippen LogP contribution in [0, 0.1) is 0 Å². The van der Waals surface area contributed by atoms with Gasteiger partial charge in [0.25, 0.3) is 0 Å². The van der Waals surface area contributed by atoms with Crippen molar-refractivity contribution in [2.24, 2.45) is 0 Å². The average Bonchev–Trinajstić information content (AvgIpc) is 2.94. The van der Waals surface area contributed by atoms with E-state index in [1.54, 1.807) is 7.05 Å². The number of carbonyl (C=O) groups excluding carboxylic acids is 1. The monoisotopic (exact) mass is 244 g/mol. The number of carbonyl (C=O) groups is 1. The highest BCUT2D eigenvalue weighted by Crippen LogP contribution is 2.23. The molecule has 1 aliphatic heterocycles. The molecule has 0 unspecified atom stereocenters. The third-order valence-corrected chi connectivity index (χ3v) is 3.49. The average molecular weight is 244 g/mol. The van der Waals surface area contributed by atoms with Gasteiger partial charge in [-0.05, 0) is 26.1 Å². The van der Waals surface area contributed by atoms with Crippen LogP contribution in [-0.4, -0.2) is 33.4 Å². The van der Waals surface area contributed by atoms with Crippen LogP contribution in [0.4, 0.5) is 0 Å². The van der Waals surface area contributed by atoms with Gasteiger partial charge in [0, 0.05) is 0 Å². The highest BCUT2D eigenvalue weighted by atomic mass is 16.2. The van der Waals surface area contributed by atoms with Gasteiger partial charge in [-0.2, -0.15) is 0 Å². The van der Waals surface area contributed by atoms with Crippen LogP contribution in [0.5, 0.6) is 0 Å². The maximum Gasteiger partial charge on any atom is 0.241 e. The van der Waals surface area contributed by atoms with Crippen LogP contribution in [0.15, 0.2) is 24.3 Å². The molecule has 0 aliphatic carbocycles. The van der Waals surface area contributed by atoms with Crippen LogP contribution in [0.2, 0.25) is 0 Å². The number of nitrogens with zero attached hydrogens (tertiary/aromatic N) is 3. The van der Waals surface area contributed by atoms with Crippen molar-refractivity contribution < 1.29 is 4.79 Å². The Labute approximate surface area is 105 Å². The summed E-state index contributed by atoms with van der Waals surface area (Å²) in [5.74, 6) is 1.08. The number of likely N-dealkylation sites (N-methyl/N-ethyl adjacent to an activating group) is 1. The highest BCUT2D eigenvalue weighted by Gasteiger charge is 2.28. The zero-order valence-corrected chi connectivity index (χ0v) is 10.6. The SMILES string of the molecule is CN[C@H](C)C(=O)N1Cc2nc3ccccc3n2C1. The van der Waals surface area contributed by atoms with Gasteiger partial charge in [-0.1, -0.05) is 12.1 Å². The Balaban J connectivity index is 1.90. The van der Waals surface area contributed by atoms with Gasteiger partial charge in [0.2, 0.25) is 5.91 Å². The van der Waals surface area contributed by atoms with Crippen molar-refractivity contribution in [1.29, 1.82) is 0 Å². The van der Waals surface area contributed by atoms with Crippen molar-refractivity contribution in [3.05, 3.63) is 30.1 Å². The molecule has 5 nitrogen and oxygen atoms in total. The first-order valence-corrected chi connectivity index (χ1v) is 6.11. The van der Waals surface area contributed by atoms with E-state index < -0.39 is 0 Å².